The predicted octanol–water partition coefficient (Wildman–Crippen LogP) is 3.56. The third-order valence-electron chi connectivity index (χ3n) is 4.20. The van der Waals surface area contributed by atoms with Crippen LogP contribution in [0.15, 0.2) is 18.2 Å². The van der Waals surface area contributed by atoms with E-state index in [9.17, 15) is 0 Å². The van der Waals surface area contributed by atoms with Crippen molar-refractivity contribution in [3.63, 3.8) is 0 Å². The quantitative estimate of drug-likeness (QED) is 0.663. The Bertz CT molecular complexity index is 455. The molecule has 3 N–H and O–H groups in total. The van der Waals surface area contributed by atoms with Crippen LogP contribution in [0, 0.1) is 11.8 Å². The zero-order valence-electron chi connectivity index (χ0n) is 11.4. The molecule has 1 aliphatic rings. The first kappa shape index (κ1) is 15.1. The topological polar surface area (TPSA) is 47.3 Å². The Morgan fingerprint density at radius 3 is 2.42 bits per heavy atom. The number of hydrazine groups is 1. The molecule has 0 saturated carbocycles. The monoisotopic (exact) mass is 302 g/mol. The Kier molecular flexibility index (Phi) is 4.75. The molecule has 0 aromatic heterocycles. The summed E-state index contributed by atoms with van der Waals surface area (Å²) in [5.41, 5.74) is 3.82. The number of rotatable bonds is 3. The molecule has 2 rings (SSSR count). The van der Waals surface area contributed by atoms with Crippen LogP contribution in [0.2, 0.25) is 10.0 Å². The van der Waals surface area contributed by atoms with Crippen LogP contribution in [0.1, 0.15) is 32.4 Å². The van der Waals surface area contributed by atoms with Crippen LogP contribution in [0.25, 0.3) is 0 Å². The first-order valence-electron chi connectivity index (χ1n) is 6.52. The van der Waals surface area contributed by atoms with Crippen molar-refractivity contribution in [1.82, 2.24) is 5.43 Å². The second-order valence-electron chi connectivity index (χ2n) is 5.27. The van der Waals surface area contributed by atoms with E-state index in [1.807, 2.05) is 12.1 Å². The second kappa shape index (κ2) is 5.98. The fourth-order valence-electron chi connectivity index (χ4n) is 3.04. The van der Waals surface area contributed by atoms with Gasteiger partial charge in [-0.2, -0.15) is 0 Å². The average Bonchev–Trinajstić information content (AvgIpc) is 2.62. The molecule has 5 atom stereocenters. The summed E-state index contributed by atoms with van der Waals surface area (Å²) in [7, 11) is 0. The minimum Gasteiger partial charge on any atom is -0.375 e. The molecule has 0 amide bonds. The van der Waals surface area contributed by atoms with Gasteiger partial charge in [0.25, 0.3) is 0 Å². The van der Waals surface area contributed by atoms with Crippen LogP contribution >= 0.6 is 23.2 Å². The number of nitrogens with two attached hydrogens (primary N) is 1. The van der Waals surface area contributed by atoms with Crippen molar-refractivity contribution in [2.75, 3.05) is 0 Å². The molecule has 1 aromatic carbocycles. The number of hydrogen-bond donors (Lipinski definition) is 2. The Balaban J connectivity index is 2.37. The van der Waals surface area contributed by atoms with Gasteiger partial charge in [-0.05, 0) is 31.4 Å². The lowest BCUT2D eigenvalue weighted by molar-refractivity contribution is 0.0475. The third kappa shape index (κ3) is 2.76. The van der Waals surface area contributed by atoms with Crippen LogP contribution in [-0.4, -0.2) is 12.2 Å². The van der Waals surface area contributed by atoms with Gasteiger partial charge in [0.05, 0.1) is 28.3 Å². The number of nitrogens with one attached hydrogen (secondary N) is 1. The van der Waals surface area contributed by atoms with E-state index >= 15 is 0 Å². The van der Waals surface area contributed by atoms with Crippen LogP contribution < -0.4 is 11.3 Å². The van der Waals surface area contributed by atoms with E-state index < -0.39 is 0 Å². The first-order valence-corrected chi connectivity index (χ1v) is 7.28. The predicted molar refractivity (Wildman–Crippen MR) is 79.2 cm³/mol. The molecule has 5 unspecified atom stereocenters. The number of ether oxygens (including phenoxy) is 1. The Hall–Kier alpha value is -0.320. The molecule has 1 aromatic rings. The van der Waals surface area contributed by atoms with Crippen molar-refractivity contribution in [3.05, 3.63) is 33.8 Å². The molecule has 1 aliphatic heterocycles. The standard InChI is InChI=1S/C14H20Cl2N2O/c1-7-8(2)19-9(3)12(7)14(18-17)10-5-4-6-11(15)13(10)16/h4-9,12,14,18H,17H2,1-3H3. The maximum atomic E-state index is 6.31. The van der Waals surface area contributed by atoms with Crippen molar-refractivity contribution in [1.29, 1.82) is 0 Å². The normalized spacial score (nSPS) is 32.5. The highest BCUT2D eigenvalue weighted by molar-refractivity contribution is 6.42. The average molecular weight is 303 g/mol. The lowest BCUT2D eigenvalue weighted by Crippen LogP contribution is -2.38. The van der Waals surface area contributed by atoms with E-state index in [4.69, 9.17) is 33.8 Å². The maximum absolute atomic E-state index is 6.31. The summed E-state index contributed by atoms with van der Waals surface area (Å²) in [6, 6.07) is 5.56. The zero-order valence-corrected chi connectivity index (χ0v) is 12.9. The molecule has 19 heavy (non-hydrogen) atoms. The molecule has 0 spiro atoms. The summed E-state index contributed by atoms with van der Waals surface area (Å²) >= 11 is 12.4. The minimum atomic E-state index is -0.0684. The first-order chi connectivity index (χ1) is 8.97. The van der Waals surface area contributed by atoms with Gasteiger partial charge in [-0.3, -0.25) is 11.3 Å². The molecule has 0 bridgehead atoms. The van der Waals surface area contributed by atoms with Crippen molar-refractivity contribution in [2.24, 2.45) is 17.7 Å². The van der Waals surface area contributed by atoms with Crippen molar-refractivity contribution < 1.29 is 4.74 Å². The van der Waals surface area contributed by atoms with Gasteiger partial charge in [0, 0.05) is 5.92 Å². The van der Waals surface area contributed by atoms with Gasteiger partial charge in [-0.1, -0.05) is 42.3 Å². The molecule has 0 radical (unpaired) electrons. The Morgan fingerprint density at radius 2 is 1.89 bits per heavy atom. The Labute approximate surface area is 124 Å². The van der Waals surface area contributed by atoms with E-state index in [2.05, 4.69) is 26.2 Å². The van der Waals surface area contributed by atoms with Crippen LogP contribution in [0.3, 0.4) is 0 Å². The summed E-state index contributed by atoms with van der Waals surface area (Å²) in [5.74, 6) is 6.42. The molecule has 0 aliphatic carbocycles. The summed E-state index contributed by atoms with van der Waals surface area (Å²) in [4.78, 5) is 0. The summed E-state index contributed by atoms with van der Waals surface area (Å²) < 4.78 is 5.89. The van der Waals surface area contributed by atoms with Gasteiger partial charge in [0.15, 0.2) is 0 Å². The lowest BCUT2D eigenvalue weighted by Gasteiger charge is -2.29. The van der Waals surface area contributed by atoms with Gasteiger partial charge in [-0.15, -0.1) is 0 Å². The smallest absolute Gasteiger partial charge is 0.0640 e. The number of benzene rings is 1. The fourth-order valence-corrected chi connectivity index (χ4v) is 3.46. The Morgan fingerprint density at radius 1 is 1.21 bits per heavy atom. The molecule has 1 fully saturated rings. The fraction of sp³-hybridized carbons (Fsp3) is 0.571. The van der Waals surface area contributed by atoms with E-state index in [0.29, 0.717) is 16.0 Å². The highest BCUT2D eigenvalue weighted by Crippen LogP contribution is 2.42. The largest absolute Gasteiger partial charge is 0.375 e. The zero-order chi connectivity index (χ0) is 14.2. The molecule has 106 valence electrons. The van der Waals surface area contributed by atoms with Gasteiger partial charge in [0.1, 0.15) is 0 Å². The van der Waals surface area contributed by atoms with Crippen molar-refractivity contribution in [2.45, 2.75) is 39.0 Å². The SMILES string of the molecule is CC1OC(C)C(C(NN)c2cccc(Cl)c2Cl)C1C. The summed E-state index contributed by atoms with van der Waals surface area (Å²) in [6.45, 7) is 6.35. The van der Waals surface area contributed by atoms with E-state index in [1.165, 1.54) is 0 Å². The van der Waals surface area contributed by atoms with E-state index in [-0.39, 0.29) is 24.2 Å². The highest BCUT2D eigenvalue weighted by Gasteiger charge is 2.42. The van der Waals surface area contributed by atoms with Gasteiger partial charge in [0.2, 0.25) is 0 Å². The van der Waals surface area contributed by atoms with E-state index in [1.54, 1.807) is 6.07 Å². The number of halogens is 2. The molecular formula is C14H20Cl2N2O. The third-order valence-corrected chi connectivity index (χ3v) is 5.03. The van der Waals surface area contributed by atoms with E-state index in [0.717, 1.165) is 5.56 Å². The summed E-state index contributed by atoms with van der Waals surface area (Å²) in [5, 5.41) is 1.11. The second-order valence-corrected chi connectivity index (χ2v) is 6.06. The van der Waals surface area contributed by atoms with Crippen LogP contribution in [0.5, 0.6) is 0 Å². The highest BCUT2D eigenvalue weighted by atomic mass is 35.5. The molecule has 1 saturated heterocycles. The molecule has 3 nitrogen and oxygen atoms in total. The maximum Gasteiger partial charge on any atom is 0.0640 e. The molecule has 1 heterocycles. The minimum absolute atomic E-state index is 0.0684. The lowest BCUT2D eigenvalue weighted by atomic mass is 9.81. The van der Waals surface area contributed by atoms with Gasteiger partial charge >= 0.3 is 0 Å². The van der Waals surface area contributed by atoms with Crippen LogP contribution in [-0.2, 0) is 4.74 Å². The molecule has 5 heteroatoms. The van der Waals surface area contributed by atoms with Gasteiger partial charge in [-0.25, -0.2) is 0 Å². The number of hydrogen-bond acceptors (Lipinski definition) is 3. The molecular weight excluding hydrogens is 283 g/mol. The summed E-state index contributed by atoms with van der Waals surface area (Å²) in [6.07, 6.45) is 0.343. The van der Waals surface area contributed by atoms with Crippen LogP contribution in [0.4, 0.5) is 0 Å². The van der Waals surface area contributed by atoms with Crippen molar-refractivity contribution >= 4 is 23.2 Å². The van der Waals surface area contributed by atoms with Gasteiger partial charge < -0.3 is 4.74 Å². The van der Waals surface area contributed by atoms with Crippen molar-refractivity contribution in [3.8, 4) is 0 Å².